The summed E-state index contributed by atoms with van der Waals surface area (Å²) in [6.45, 7) is 2.41. The first kappa shape index (κ1) is 12.3. The number of ketones is 1. The van der Waals surface area contributed by atoms with Crippen LogP contribution in [-0.4, -0.2) is 17.3 Å². The van der Waals surface area contributed by atoms with Gasteiger partial charge in [0.25, 0.3) is 0 Å². The van der Waals surface area contributed by atoms with Crippen molar-refractivity contribution in [1.82, 2.24) is 4.98 Å². The molecule has 0 aliphatic heterocycles. The zero-order chi connectivity index (χ0) is 11.3. The van der Waals surface area contributed by atoms with Crippen molar-refractivity contribution in [2.45, 2.75) is 19.8 Å². The van der Waals surface area contributed by atoms with Crippen LogP contribution in [-0.2, 0) is 11.2 Å². The Morgan fingerprint density at radius 3 is 2.87 bits per heavy atom. The SMILES string of the molecule is CCC(CN)C(=O)Cc1cncc(Br)c1. The Labute approximate surface area is 98.2 Å². The predicted octanol–water partition coefficient (Wildman–Crippen LogP) is 1.94. The number of rotatable bonds is 5. The van der Waals surface area contributed by atoms with Gasteiger partial charge in [0.1, 0.15) is 5.78 Å². The molecular formula is C11H15BrN2O. The third-order valence-corrected chi connectivity index (χ3v) is 2.81. The van der Waals surface area contributed by atoms with E-state index in [1.807, 2.05) is 13.0 Å². The fourth-order valence-electron chi connectivity index (χ4n) is 1.42. The molecule has 15 heavy (non-hydrogen) atoms. The predicted molar refractivity (Wildman–Crippen MR) is 63.5 cm³/mol. The maximum Gasteiger partial charge on any atom is 0.141 e. The zero-order valence-corrected chi connectivity index (χ0v) is 10.3. The molecule has 0 radical (unpaired) electrons. The first-order valence-corrected chi connectivity index (χ1v) is 5.78. The van der Waals surface area contributed by atoms with E-state index in [0.29, 0.717) is 13.0 Å². The summed E-state index contributed by atoms with van der Waals surface area (Å²) in [5.74, 6) is 0.170. The summed E-state index contributed by atoms with van der Waals surface area (Å²) in [5, 5.41) is 0. The molecule has 2 N–H and O–H groups in total. The molecule has 1 aromatic heterocycles. The van der Waals surface area contributed by atoms with Crippen LogP contribution in [0.2, 0.25) is 0 Å². The molecule has 1 rings (SSSR count). The summed E-state index contributed by atoms with van der Waals surface area (Å²) in [4.78, 5) is 15.8. The number of carbonyl (C=O) groups excluding carboxylic acids is 1. The molecule has 0 saturated carbocycles. The molecule has 0 aliphatic carbocycles. The van der Waals surface area contributed by atoms with Crippen LogP contribution in [0, 0.1) is 5.92 Å². The Morgan fingerprint density at radius 2 is 2.33 bits per heavy atom. The Morgan fingerprint density at radius 1 is 1.60 bits per heavy atom. The zero-order valence-electron chi connectivity index (χ0n) is 8.74. The van der Waals surface area contributed by atoms with E-state index >= 15 is 0 Å². The lowest BCUT2D eigenvalue weighted by molar-refractivity contribution is -0.122. The van der Waals surface area contributed by atoms with Crippen LogP contribution in [0.4, 0.5) is 0 Å². The Bertz CT molecular complexity index is 337. The molecule has 0 aliphatic rings. The summed E-state index contributed by atoms with van der Waals surface area (Å²) in [6, 6.07) is 1.91. The average Bonchev–Trinajstić information content (AvgIpc) is 2.19. The second-order valence-corrected chi connectivity index (χ2v) is 4.41. The highest BCUT2D eigenvalue weighted by Gasteiger charge is 2.14. The number of aromatic nitrogens is 1. The monoisotopic (exact) mass is 270 g/mol. The molecule has 0 fully saturated rings. The van der Waals surface area contributed by atoms with Crippen molar-refractivity contribution < 1.29 is 4.79 Å². The summed E-state index contributed by atoms with van der Waals surface area (Å²) in [6.07, 6.45) is 4.64. The van der Waals surface area contributed by atoms with E-state index in [-0.39, 0.29) is 11.7 Å². The molecule has 0 bridgehead atoms. The minimum Gasteiger partial charge on any atom is -0.330 e. The molecule has 0 amide bonds. The number of carbonyl (C=O) groups is 1. The van der Waals surface area contributed by atoms with Gasteiger partial charge in [-0.05, 0) is 34.0 Å². The molecule has 0 spiro atoms. The fraction of sp³-hybridized carbons (Fsp3) is 0.455. The Kier molecular flexibility index (Phi) is 4.91. The number of hydrogen-bond acceptors (Lipinski definition) is 3. The largest absolute Gasteiger partial charge is 0.330 e. The first-order chi connectivity index (χ1) is 7.17. The summed E-state index contributed by atoms with van der Waals surface area (Å²) in [7, 11) is 0. The highest BCUT2D eigenvalue weighted by molar-refractivity contribution is 9.10. The van der Waals surface area contributed by atoms with Crippen molar-refractivity contribution in [2.24, 2.45) is 11.7 Å². The lowest BCUT2D eigenvalue weighted by Crippen LogP contribution is -2.24. The lowest BCUT2D eigenvalue weighted by Gasteiger charge is -2.10. The van der Waals surface area contributed by atoms with Crippen LogP contribution in [0.3, 0.4) is 0 Å². The molecule has 4 heteroatoms. The maximum absolute atomic E-state index is 11.8. The van der Waals surface area contributed by atoms with Gasteiger partial charge in [0.05, 0.1) is 0 Å². The quantitative estimate of drug-likeness (QED) is 0.890. The first-order valence-electron chi connectivity index (χ1n) is 4.99. The van der Waals surface area contributed by atoms with E-state index in [2.05, 4.69) is 20.9 Å². The Hall–Kier alpha value is -0.740. The van der Waals surface area contributed by atoms with E-state index in [1.54, 1.807) is 12.4 Å². The van der Waals surface area contributed by atoms with E-state index in [0.717, 1.165) is 16.5 Å². The van der Waals surface area contributed by atoms with E-state index in [9.17, 15) is 4.79 Å². The van der Waals surface area contributed by atoms with Gasteiger partial charge < -0.3 is 5.73 Å². The van der Waals surface area contributed by atoms with E-state index in [4.69, 9.17) is 5.73 Å². The number of nitrogens with two attached hydrogens (primary N) is 1. The molecule has 1 unspecified atom stereocenters. The number of Topliss-reactive ketones (excluding diaryl/α,β-unsaturated/α-hetero) is 1. The van der Waals surface area contributed by atoms with Crippen molar-refractivity contribution in [1.29, 1.82) is 0 Å². The van der Waals surface area contributed by atoms with Crippen LogP contribution in [0.25, 0.3) is 0 Å². The Balaban J connectivity index is 2.65. The fourth-order valence-corrected chi connectivity index (χ4v) is 1.84. The molecular weight excluding hydrogens is 256 g/mol. The van der Waals surface area contributed by atoms with Crippen molar-refractivity contribution in [2.75, 3.05) is 6.54 Å². The second kappa shape index (κ2) is 5.98. The van der Waals surface area contributed by atoms with Crippen molar-refractivity contribution in [3.63, 3.8) is 0 Å². The van der Waals surface area contributed by atoms with Gasteiger partial charge in [0, 0.05) is 35.7 Å². The van der Waals surface area contributed by atoms with E-state index < -0.39 is 0 Å². The van der Waals surface area contributed by atoms with Crippen LogP contribution < -0.4 is 5.73 Å². The smallest absolute Gasteiger partial charge is 0.141 e. The molecule has 1 heterocycles. The highest BCUT2D eigenvalue weighted by atomic mass is 79.9. The molecule has 0 aromatic carbocycles. The summed E-state index contributed by atoms with van der Waals surface area (Å²) in [5.41, 5.74) is 6.45. The van der Waals surface area contributed by atoms with E-state index in [1.165, 1.54) is 0 Å². The number of hydrogen-bond donors (Lipinski definition) is 1. The van der Waals surface area contributed by atoms with Crippen molar-refractivity contribution in [3.05, 3.63) is 28.5 Å². The minimum absolute atomic E-state index is 0.0241. The molecule has 82 valence electrons. The van der Waals surface area contributed by atoms with Gasteiger partial charge in [0.15, 0.2) is 0 Å². The van der Waals surface area contributed by atoms with Crippen molar-refractivity contribution in [3.8, 4) is 0 Å². The molecule has 1 atom stereocenters. The highest BCUT2D eigenvalue weighted by Crippen LogP contribution is 2.12. The van der Waals surface area contributed by atoms with Gasteiger partial charge in [-0.2, -0.15) is 0 Å². The van der Waals surface area contributed by atoms with Gasteiger partial charge in [-0.15, -0.1) is 0 Å². The van der Waals surface area contributed by atoms with Gasteiger partial charge in [-0.3, -0.25) is 9.78 Å². The third-order valence-electron chi connectivity index (χ3n) is 2.37. The average molecular weight is 271 g/mol. The molecule has 3 nitrogen and oxygen atoms in total. The summed E-state index contributed by atoms with van der Waals surface area (Å²) >= 11 is 3.32. The number of halogens is 1. The maximum atomic E-state index is 11.8. The van der Waals surface area contributed by atoms with Crippen LogP contribution in [0.5, 0.6) is 0 Å². The van der Waals surface area contributed by atoms with Gasteiger partial charge >= 0.3 is 0 Å². The molecule has 1 aromatic rings. The minimum atomic E-state index is -0.0241. The van der Waals surface area contributed by atoms with Crippen LogP contribution in [0.1, 0.15) is 18.9 Å². The number of nitrogens with zero attached hydrogens (tertiary/aromatic N) is 1. The van der Waals surface area contributed by atoms with Crippen LogP contribution >= 0.6 is 15.9 Å². The van der Waals surface area contributed by atoms with Crippen molar-refractivity contribution >= 4 is 21.7 Å². The van der Waals surface area contributed by atoms with Gasteiger partial charge in [-0.1, -0.05) is 6.92 Å². The normalized spacial score (nSPS) is 12.5. The van der Waals surface area contributed by atoms with Gasteiger partial charge in [0.2, 0.25) is 0 Å². The standard InChI is InChI=1S/C11H15BrN2O/c1-2-9(5-13)11(15)4-8-3-10(12)7-14-6-8/h3,6-7,9H,2,4-5,13H2,1H3. The van der Waals surface area contributed by atoms with Gasteiger partial charge in [-0.25, -0.2) is 0 Å². The number of pyridine rings is 1. The topological polar surface area (TPSA) is 56.0 Å². The van der Waals surface area contributed by atoms with Crippen LogP contribution in [0.15, 0.2) is 22.9 Å². The molecule has 0 saturated heterocycles. The third kappa shape index (κ3) is 3.72. The second-order valence-electron chi connectivity index (χ2n) is 3.50. The lowest BCUT2D eigenvalue weighted by atomic mass is 9.96. The summed E-state index contributed by atoms with van der Waals surface area (Å²) < 4.78 is 0.897.